The maximum absolute atomic E-state index is 13.5. The van der Waals surface area contributed by atoms with Crippen molar-refractivity contribution in [3.63, 3.8) is 0 Å². The summed E-state index contributed by atoms with van der Waals surface area (Å²) in [5, 5.41) is 6.10. The Kier molecular flexibility index (Phi) is 4.98. The molecule has 0 radical (unpaired) electrons. The van der Waals surface area contributed by atoms with Gasteiger partial charge in [0, 0.05) is 22.2 Å². The zero-order valence-electron chi connectivity index (χ0n) is 16.2. The first kappa shape index (κ1) is 19.4. The van der Waals surface area contributed by atoms with E-state index < -0.39 is 0 Å². The number of ketones is 1. The molecule has 3 aromatic carbocycles. The van der Waals surface area contributed by atoms with Gasteiger partial charge in [0.05, 0.1) is 5.39 Å². The van der Waals surface area contributed by atoms with E-state index >= 15 is 0 Å². The van der Waals surface area contributed by atoms with Crippen molar-refractivity contribution in [2.45, 2.75) is 0 Å². The second-order valence-electron chi connectivity index (χ2n) is 7.01. The number of fused-ring (bicyclic) bond motifs is 3. The Balaban J connectivity index is 1.69. The fraction of sp³-hybridized carbons (Fsp3) is 0. The van der Waals surface area contributed by atoms with Crippen LogP contribution in [0.4, 0.5) is 5.00 Å². The van der Waals surface area contributed by atoms with Crippen molar-refractivity contribution < 1.29 is 14.0 Å². The number of pyridine rings is 1. The molecule has 0 saturated carbocycles. The molecule has 2 heterocycles. The van der Waals surface area contributed by atoms with Gasteiger partial charge in [-0.1, -0.05) is 48.0 Å². The molecular weight excluding hydrogens is 428 g/mol. The normalized spacial score (nSPS) is 11.0. The third-order valence-corrected chi connectivity index (χ3v) is 6.41. The third kappa shape index (κ3) is 3.58. The molecule has 0 aliphatic carbocycles. The maximum atomic E-state index is 13.5. The minimum atomic E-state index is -0.262. The van der Waals surface area contributed by atoms with Crippen molar-refractivity contribution in [2.75, 3.05) is 5.32 Å². The minimum absolute atomic E-state index is 0.188. The summed E-state index contributed by atoms with van der Waals surface area (Å²) in [6, 6.07) is 25.7. The standard InChI is InChI=1S/C25H15ClN2O2S/c26-19-12-10-17(11-13-19)22(29)21-24(27-23(30)18-7-2-1-3-8-18)31-25-20-9-5-4-6-16(20)14-15-28(21)25/h1-15H/p+1. The summed E-state index contributed by atoms with van der Waals surface area (Å²) in [4.78, 5) is 27.3. The van der Waals surface area contributed by atoms with E-state index in [9.17, 15) is 9.59 Å². The van der Waals surface area contributed by atoms with Crippen LogP contribution in [-0.4, -0.2) is 11.7 Å². The number of hydrogen-bond acceptors (Lipinski definition) is 3. The first-order valence-corrected chi connectivity index (χ1v) is 10.8. The Morgan fingerprint density at radius 2 is 1.52 bits per heavy atom. The second-order valence-corrected chi connectivity index (χ2v) is 8.45. The number of benzene rings is 3. The number of nitrogens with zero attached hydrogens (tertiary/aromatic N) is 1. The van der Waals surface area contributed by atoms with Crippen LogP contribution in [0.25, 0.3) is 15.6 Å². The van der Waals surface area contributed by atoms with E-state index in [0.717, 1.165) is 15.6 Å². The molecule has 0 spiro atoms. The molecular formula is C25H16ClN2O2S+. The lowest BCUT2D eigenvalue weighted by molar-refractivity contribution is -0.508. The molecule has 0 atom stereocenters. The highest BCUT2D eigenvalue weighted by Crippen LogP contribution is 2.31. The number of amides is 1. The van der Waals surface area contributed by atoms with Crippen LogP contribution >= 0.6 is 22.9 Å². The number of anilines is 1. The zero-order chi connectivity index (χ0) is 21.4. The summed E-state index contributed by atoms with van der Waals surface area (Å²) in [7, 11) is 0. The Hall–Kier alpha value is -3.54. The zero-order valence-corrected chi connectivity index (χ0v) is 17.8. The van der Waals surface area contributed by atoms with E-state index in [-0.39, 0.29) is 11.7 Å². The van der Waals surface area contributed by atoms with E-state index in [2.05, 4.69) is 5.32 Å². The SMILES string of the molecule is O=C(Nc1sc2c3ccccc3cc[n+]2c1C(=O)c1ccc(Cl)cc1)c1ccccc1. The van der Waals surface area contributed by atoms with Gasteiger partial charge < -0.3 is 5.32 Å². The number of hydrogen-bond donors (Lipinski definition) is 1. The lowest BCUT2D eigenvalue weighted by Crippen LogP contribution is -2.29. The first-order valence-electron chi connectivity index (χ1n) is 9.64. The van der Waals surface area contributed by atoms with Crippen LogP contribution in [-0.2, 0) is 0 Å². The van der Waals surface area contributed by atoms with Crippen LogP contribution in [0, 0.1) is 0 Å². The highest BCUT2D eigenvalue weighted by molar-refractivity contribution is 7.22. The topological polar surface area (TPSA) is 50.3 Å². The molecule has 6 heteroatoms. The third-order valence-electron chi connectivity index (χ3n) is 5.05. The number of thiazole rings is 1. The largest absolute Gasteiger partial charge is 0.308 e. The lowest BCUT2D eigenvalue weighted by atomic mass is 10.1. The summed E-state index contributed by atoms with van der Waals surface area (Å²) in [5.41, 5.74) is 1.44. The molecule has 150 valence electrons. The average Bonchev–Trinajstić information content (AvgIpc) is 3.18. The van der Waals surface area contributed by atoms with Gasteiger partial charge in [-0.3, -0.25) is 9.59 Å². The van der Waals surface area contributed by atoms with Crippen LogP contribution in [0.5, 0.6) is 0 Å². The first-order chi connectivity index (χ1) is 15.1. The van der Waals surface area contributed by atoms with E-state index in [1.54, 1.807) is 36.4 Å². The summed E-state index contributed by atoms with van der Waals surface area (Å²) < 4.78 is 1.85. The number of halogens is 1. The number of rotatable bonds is 4. The number of carbonyl (C=O) groups is 2. The van der Waals surface area contributed by atoms with Crippen molar-refractivity contribution in [1.82, 2.24) is 0 Å². The number of carbonyl (C=O) groups excluding carboxylic acids is 2. The van der Waals surface area contributed by atoms with Crippen LogP contribution in [0.1, 0.15) is 26.4 Å². The predicted molar refractivity (Wildman–Crippen MR) is 124 cm³/mol. The summed E-state index contributed by atoms with van der Waals surface area (Å²) in [6.07, 6.45) is 1.87. The quantitative estimate of drug-likeness (QED) is 0.283. The number of aromatic nitrogens is 1. The molecule has 1 N–H and O–H groups in total. The Morgan fingerprint density at radius 3 is 2.29 bits per heavy atom. The van der Waals surface area contributed by atoms with E-state index in [0.29, 0.717) is 26.8 Å². The highest BCUT2D eigenvalue weighted by atomic mass is 35.5. The monoisotopic (exact) mass is 443 g/mol. The van der Waals surface area contributed by atoms with E-state index in [4.69, 9.17) is 11.6 Å². The fourth-order valence-electron chi connectivity index (χ4n) is 3.52. The van der Waals surface area contributed by atoms with Crippen molar-refractivity contribution in [3.8, 4) is 0 Å². The molecule has 0 fully saturated rings. The van der Waals surface area contributed by atoms with Crippen LogP contribution in [0.2, 0.25) is 5.02 Å². The van der Waals surface area contributed by atoms with Crippen molar-refractivity contribution in [1.29, 1.82) is 0 Å². The van der Waals surface area contributed by atoms with Gasteiger partial charge in [-0.05, 0) is 59.2 Å². The van der Waals surface area contributed by atoms with E-state index in [1.165, 1.54) is 11.3 Å². The molecule has 0 unspecified atom stereocenters. The highest BCUT2D eigenvalue weighted by Gasteiger charge is 2.31. The molecule has 4 nitrogen and oxygen atoms in total. The van der Waals surface area contributed by atoms with Gasteiger partial charge in [0.2, 0.25) is 0 Å². The Bertz CT molecular complexity index is 1440. The van der Waals surface area contributed by atoms with Gasteiger partial charge in [-0.2, -0.15) is 0 Å². The second kappa shape index (κ2) is 7.95. The smallest absolute Gasteiger partial charge is 0.294 e. The Morgan fingerprint density at radius 1 is 0.806 bits per heavy atom. The predicted octanol–water partition coefficient (Wildman–Crippen LogP) is 5.78. The molecule has 2 aromatic heterocycles. The molecule has 1 amide bonds. The lowest BCUT2D eigenvalue weighted by Gasteiger charge is -2.03. The van der Waals surface area contributed by atoms with Crippen molar-refractivity contribution in [2.24, 2.45) is 0 Å². The average molecular weight is 444 g/mol. The molecule has 0 aliphatic rings. The van der Waals surface area contributed by atoms with Gasteiger partial charge in [-0.25, -0.2) is 0 Å². The fourth-order valence-corrected chi connectivity index (χ4v) is 4.82. The van der Waals surface area contributed by atoms with Crippen LogP contribution in [0.15, 0.2) is 91.1 Å². The van der Waals surface area contributed by atoms with Crippen molar-refractivity contribution in [3.05, 3.63) is 113 Å². The van der Waals surface area contributed by atoms with Gasteiger partial charge in [0.1, 0.15) is 0 Å². The van der Waals surface area contributed by atoms with Gasteiger partial charge in [-0.15, -0.1) is 4.40 Å². The number of nitrogens with one attached hydrogen (secondary N) is 1. The minimum Gasteiger partial charge on any atom is -0.308 e. The molecule has 0 aliphatic heterocycles. The molecule has 0 bridgehead atoms. The van der Waals surface area contributed by atoms with Gasteiger partial charge in [0.15, 0.2) is 11.2 Å². The van der Waals surface area contributed by atoms with Crippen LogP contribution < -0.4 is 9.72 Å². The van der Waals surface area contributed by atoms with Gasteiger partial charge >= 0.3 is 0 Å². The Labute approximate surface area is 187 Å². The van der Waals surface area contributed by atoms with Crippen molar-refractivity contribution >= 4 is 55.2 Å². The molecule has 5 aromatic rings. The molecule has 31 heavy (non-hydrogen) atoms. The summed E-state index contributed by atoms with van der Waals surface area (Å²) in [5.74, 6) is -0.450. The van der Waals surface area contributed by atoms with Gasteiger partial charge in [0.25, 0.3) is 22.2 Å². The summed E-state index contributed by atoms with van der Waals surface area (Å²) >= 11 is 7.38. The maximum Gasteiger partial charge on any atom is 0.294 e. The molecule has 5 rings (SSSR count). The summed E-state index contributed by atoms with van der Waals surface area (Å²) in [6.45, 7) is 0. The molecule has 0 saturated heterocycles. The van der Waals surface area contributed by atoms with Crippen LogP contribution in [0.3, 0.4) is 0 Å². The van der Waals surface area contributed by atoms with E-state index in [1.807, 2.05) is 59.1 Å².